The van der Waals surface area contributed by atoms with Crippen molar-refractivity contribution in [2.45, 2.75) is 24.9 Å². The molecule has 0 bridgehead atoms. The molecule has 0 saturated carbocycles. The smallest absolute Gasteiger partial charge is 0.246 e. The van der Waals surface area contributed by atoms with Gasteiger partial charge in [-0.2, -0.15) is 0 Å². The van der Waals surface area contributed by atoms with E-state index < -0.39 is 0 Å². The van der Waals surface area contributed by atoms with Crippen LogP contribution in [0.25, 0.3) is 0 Å². The van der Waals surface area contributed by atoms with Crippen LogP contribution in [0.3, 0.4) is 0 Å². The molecule has 6 heteroatoms. The first kappa shape index (κ1) is 30.4. The number of nitrogens with zero attached hydrogens (tertiary/aromatic N) is 2. The van der Waals surface area contributed by atoms with Crippen LogP contribution in [-0.4, -0.2) is 48.9 Å². The topological polar surface area (TPSA) is 59.1 Å². The predicted octanol–water partition coefficient (Wildman–Crippen LogP) is 6.71. The molecule has 0 fully saturated rings. The Bertz CT molecular complexity index is 1540. The summed E-state index contributed by atoms with van der Waals surface area (Å²) in [5.41, 5.74) is 7.27. The Labute approximate surface area is 259 Å². The molecule has 0 N–H and O–H groups in total. The van der Waals surface area contributed by atoms with Crippen LogP contribution in [0, 0.1) is 0 Å². The summed E-state index contributed by atoms with van der Waals surface area (Å²) in [6, 6.07) is 32.7. The van der Waals surface area contributed by atoms with Gasteiger partial charge in [0.25, 0.3) is 0 Å². The van der Waals surface area contributed by atoms with E-state index in [1.807, 2.05) is 58.3 Å². The van der Waals surface area contributed by atoms with E-state index in [0.717, 1.165) is 22.6 Å². The van der Waals surface area contributed by atoms with Crippen molar-refractivity contribution in [3.05, 3.63) is 156 Å². The molecule has 2 heterocycles. The minimum Gasteiger partial charge on any atom is -0.497 e. The van der Waals surface area contributed by atoms with Gasteiger partial charge in [-0.15, -0.1) is 0 Å². The fourth-order valence-corrected chi connectivity index (χ4v) is 6.09. The number of fused-ring (bicyclic) bond motifs is 2. The van der Waals surface area contributed by atoms with Crippen LogP contribution < -0.4 is 9.47 Å². The predicted molar refractivity (Wildman–Crippen MR) is 174 cm³/mol. The third-order valence-electron chi connectivity index (χ3n) is 8.35. The molecule has 4 aromatic rings. The van der Waals surface area contributed by atoms with Crippen LogP contribution in [-0.2, 0) is 22.7 Å². The Morgan fingerprint density at radius 3 is 1.43 bits per heavy atom. The zero-order valence-corrected chi connectivity index (χ0v) is 25.3. The van der Waals surface area contributed by atoms with Gasteiger partial charge < -0.3 is 19.3 Å². The SMILES string of the molecule is C=CC(=O)N1Cc2ccccc2[C@@H](c2cccc(OC)c2)C1.C=CC(=O)N1Cc2ccccc2[C@H](c2cccc(OC)c2)C1. The van der Waals surface area contributed by atoms with Crippen LogP contribution >= 0.6 is 0 Å². The number of methoxy groups -OCH3 is 2. The van der Waals surface area contributed by atoms with E-state index in [2.05, 4.69) is 61.7 Å². The summed E-state index contributed by atoms with van der Waals surface area (Å²) >= 11 is 0. The van der Waals surface area contributed by atoms with E-state index in [1.165, 1.54) is 34.4 Å². The number of hydrogen-bond donors (Lipinski definition) is 0. The first-order chi connectivity index (χ1) is 21.4. The van der Waals surface area contributed by atoms with Crippen LogP contribution in [0.15, 0.2) is 122 Å². The average molecular weight is 587 g/mol. The lowest BCUT2D eigenvalue weighted by Crippen LogP contribution is -2.37. The average Bonchev–Trinajstić information content (AvgIpc) is 3.10. The molecule has 4 aromatic carbocycles. The third kappa shape index (κ3) is 6.60. The quantitative estimate of drug-likeness (QED) is 0.236. The molecule has 0 unspecified atom stereocenters. The highest BCUT2D eigenvalue weighted by molar-refractivity contribution is 5.87. The standard InChI is InChI=1S/2C19H19NO2/c2*1-3-19(21)20-12-15-7-4-5-10-17(15)18(13-20)14-8-6-9-16(11-14)22-2/h2*3-11,18H,1,12-13H2,2H3/t2*18-/m10/s1. The Kier molecular flexibility index (Phi) is 9.60. The molecule has 0 radical (unpaired) electrons. The van der Waals surface area contributed by atoms with Gasteiger partial charge in [-0.1, -0.05) is 86.0 Å². The molecule has 44 heavy (non-hydrogen) atoms. The van der Waals surface area contributed by atoms with Crippen molar-refractivity contribution in [2.24, 2.45) is 0 Å². The fourth-order valence-electron chi connectivity index (χ4n) is 6.09. The molecule has 6 rings (SSSR count). The maximum absolute atomic E-state index is 12.1. The van der Waals surface area contributed by atoms with E-state index in [9.17, 15) is 9.59 Å². The zero-order valence-electron chi connectivity index (χ0n) is 25.3. The Morgan fingerprint density at radius 1 is 0.636 bits per heavy atom. The van der Waals surface area contributed by atoms with E-state index >= 15 is 0 Å². The Balaban J connectivity index is 0.000000175. The third-order valence-corrected chi connectivity index (χ3v) is 8.35. The minimum atomic E-state index is -0.0256. The van der Waals surface area contributed by atoms with Crippen molar-refractivity contribution >= 4 is 11.8 Å². The lowest BCUT2D eigenvalue weighted by Gasteiger charge is -2.34. The maximum atomic E-state index is 12.1. The van der Waals surface area contributed by atoms with Crippen LogP contribution in [0.4, 0.5) is 0 Å². The Hall–Kier alpha value is -5.10. The summed E-state index contributed by atoms with van der Waals surface area (Å²) in [4.78, 5) is 27.8. The van der Waals surface area contributed by atoms with E-state index in [1.54, 1.807) is 14.2 Å². The second-order valence-corrected chi connectivity index (χ2v) is 10.9. The van der Waals surface area contributed by atoms with Crippen molar-refractivity contribution in [1.29, 1.82) is 0 Å². The monoisotopic (exact) mass is 586 g/mol. The van der Waals surface area contributed by atoms with Crippen LogP contribution in [0.5, 0.6) is 11.5 Å². The number of rotatable bonds is 6. The molecule has 224 valence electrons. The van der Waals surface area contributed by atoms with Gasteiger partial charge in [0, 0.05) is 38.0 Å². The molecule has 2 amide bonds. The fraction of sp³-hybridized carbons (Fsp3) is 0.211. The van der Waals surface area contributed by atoms with Crippen molar-refractivity contribution < 1.29 is 19.1 Å². The number of carbonyl (C=O) groups excluding carboxylic acids is 2. The van der Waals surface area contributed by atoms with E-state index in [-0.39, 0.29) is 23.7 Å². The molecule has 2 aliphatic rings. The number of hydrogen-bond acceptors (Lipinski definition) is 4. The van der Waals surface area contributed by atoms with Gasteiger partial charge in [0.1, 0.15) is 11.5 Å². The van der Waals surface area contributed by atoms with Crippen molar-refractivity contribution in [3.63, 3.8) is 0 Å². The van der Waals surface area contributed by atoms with Gasteiger partial charge >= 0.3 is 0 Å². The summed E-state index contributed by atoms with van der Waals surface area (Å²) in [7, 11) is 3.34. The largest absolute Gasteiger partial charge is 0.497 e. The molecule has 0 saturated heterocycles. The second kappa shape index (κ2) is 13.9. The van der Waals surface area contributed by atoms with Crippen molar-refractivity contribution in [1.82, 2.24) is 9.80 Å². The normalized spacial score (nSPS) is 16.8. The van der Waals surface area contributed by atoms with E-state index in [4.69, 9.17) is 9.47 Å². The van der Waals surface area contributed by atoms with Crippen LogP contribution in [0.1, 0.15) is 45.2 Å². The summed E-state index contributed by atoms with van der Waals surface area (Å²) in [5.74, 6) is 1.93. The van der Waals surface area contributed by atoms with Crippen LogP contribution in [0.2, 0.25) is 0 Å². The number of amides is 2. The summed E-state index contributed by atoms with van der Waals surface area (Å²) < 4.78 is 10.7. The highest BCUT2D eigenvalue weighted by Crippen LogP contribution is 2.36. The number of ether oxygens (including phenoxy) is 2. The zero-order chi connectivity index (χ0) is 31.1. The molecular weight excluding hydrogens is 548 g/mol. The van der Waals surface area contributed by atoms with Gasteiger partial charge in [0.05, 0.1) is 14.2 Å². The lowest BCUT2D eigenvalue weighted by atomic mass is 9.84. The van der Waals surface area contributed by atoms with Crippen molar-refractivity contribution in [2.75, 3.05) is 27.3 Å². The molecule has 2 aliphatic heterocycles. The highest BCUT2D eigenvalue weighted by Gasteiger charge is 2.29. The molecule has 6 nitrogen and oxygen atoms in total. The highest BCUT2D eigenvalue weighted by atomic mass is 16.5. The Morgan fingerprint density at radius 2 is 1.05 bits per heavy atom. The molecule has 2 atom stereocenters. The van der Waals surface area contributed by atoms with Gasteiger partial charge in [-0.05, 0) is 69.8 Å². The summed E-state index contributed by atoms with van der Waals surface area (Å²) in [6.45, 7) is 9.82. The molecule has 0 spiro atoms. The van der Waals surface area contributed by atoms with Crippen molar-refractivity contribution in [3.8, 4) is 11.5 Å². The minimum absolute atomic E-state index is 0.0256. The van der Waals surface area contributed by atoms with Gasteiger partial charge in [0.15, 0.2) is 0 Å². The molecule has 0 aliphatic carbocycles. The summed E-state index contributed by atoms with van der Waals surface area (Å²) in [6.07, 6.45) is 2.77. The molecular formula is C38H38N2O4. The number of carbonyl (C=O) groups is 2. The van der Waals surface area contributed by atoms with Gasteiger partial charge in [-0.3, -0.25) is 9.59 Å². The lowest BCUT2D eigenvalue weighted by molar-refractivity contribution is -0.127. The first-order valence-electron chi connectivity index (χ1n) is 14.7. The second-order valence-electron chi connectivity index (χ2n) is 10.9. The first-order valence-corrected chi connectivity index (χ1v) is 14.7. The molecule has 0 aromatic heterocycles. The van der Waals surface area contributed by atoms with E-state index in [0.29, 0.717) is 26.2 Å². The summed E-state index contributed by atoms with van der Waals surface area (Å²) in [5, 5.41) is 0. The number of benzene rings is 4. The van der Waals surface area contributed by atoms with Gasteiger partial charge in [0.2, 0.25) is 11.8 Å². The maximum Gasteiger partial charge on any atom is 0.246 e. The van der Waals surface area contributed by atoms with Gasteiger partial charge in [-0.25, -0.2) is 0 Å².